The van der Waals surface area contributed by atoms with Crippen LogP contribution in [0.4, 0.5) is 0 Å². The molecule has 0 spiro atoms. The highest BCUT2D eigenvalue weighted by molar-refractivity contribution is 9.10. The third kappa shape index (κ3) is 3.46. The van der Waals surface area contributed by atoms with Gasteiger partial charge in [0.2, 0.25) is 0 Å². The first-order valence-corrected chi connectivity index (χ1v) is 6.52. The third-order valence-corrected chi connectivity index (χ3v) is 3.55. The second-order valence-corrected chi connectivity index (χ2v) is 5.07. The Kier molecular flexibility index (Phi) is 5.00. The monoisotopic (exact) mass is 299 g/mol. The van der Waals surface area contributed by atoms with Gasteiger partial charge in [-0.15, -0.1) is 0 Å². The molecule has 17 heavy (non-hydrogen) atoms. The SMILES string of the molecule is CCCC(C)N(C)C(=O)c1ccc(Br)c(O)c1. The highest BCUT2D eigenvalue weighted by Crippen LogP contribution is 2.25. The highest BCUT2D eigenvalue weighted by Gasteiger charge is 2.17. The van der Waals surface area contributed by atoms with Gasteiger partial charge >= 0.3 is 0 Å². The lowest BCUT2D eigenvalue weighted by Crippen LogP contribution is -2.34. The Hall–Kier alpha value is -1.03. The minimum Gasteiger partial charge on any atom is -0.507 e. The zero-order valence-corrected chi connectivity index (χ0v) is 12.0. The van der Waals surface area contributed by atoms with Crippen molar-refractivity contribution in [2.75, 3.05) is 7.05 Å². The van der Waals surface area contributed by atoms with Crippen LogP contribution in [-0.2, 0) is 0 Å². The molecule has 0 fully saturated rings. The predicted molar refractivity (Wildman–Crippen MR) is 72.3 cm³/mol. The molecule has 3 nitrogen and oxygen atoms in total. The molecule has 0 saturated heterocycles. The Labute approximate surface area is 111 Å². The van der Waals surface area contributed by atoms with Gasteiger partial charge in [0.05, 0.1) is 4.47 Å². The molecule has 94 valence electrons. The molecule has 0 aliphatic rings. The standard InChI is InChI=1S/C13H18BrNO2/c1-4-5-9(2)15(3)13(17)10-6-7-11(14)12(16)8-10/h6-9,16H,4-5H2,1-3H3. The first-order chi connectivity index (χ1) is 7.97. The maximum atomic E-state index is 12.1. The maximum Gasteiger partial charge on any atom is 0.253 e. The average molecular weight is 300 g/mol. The van der Waals surface area contributed by atoms with Gasteiger partial charge in [-0.2, -0.15) is 0 Å². The number of nitrogens with zero attached hydrogens (tertiary/aromatic N) is 1. The number of hydrogen-bond donors (Lipinski definition) is 1. The molecule has 0 radical (unpaired) electrons. The Morgan fingerprint density at radius 2 is 2.18 bits per heavy atom. The van der Waals surface area contributed by atoms with Crippen LogP contribution in [0.25, 0.3) is 0 Å². The van der Waals surface area contributed by atoms with Gasteiger partial charge < -0.3 is 10.0 Å². The van der Waals surface area contributed by atoms with Crippen LogP contribution in [0.1, 0.15) is 37.0 Å². The van der Waals surface area contributed by atoms with Crippen molar-refractivity contribution < 1.29 is 9.90 Å². The molecule has 1 unspecified atom stereocenters. The van der Waals surface area contributed by atoms with Crippen LogP contribution in [0.3, 0.4) is 0 Å². The lowest BCUT2D eigenvalue weighted by molar-refractivity contribution is 0.0736. The quantitative estimate of drug-likeness (QED) is 0.925. The van der Waals surface area contributed by atoms with Gasteiger partial charge in [-0.25, -0.2) is 0 Å². The molecule has 0 aliphatic heterocycles. The summed E-state index contributed by atoms with van der Waals surface area (Å²) in [7, 11) is 1.79. The number of halogens is 1. The number of carbonyl (C=O) groups excluding carboxylic acids is 1. The fourth-order valence-electron chi connectivity index (χ4n) is 1.66. The van der Waals surface area contributed by atoms with E-state index in [9.17, 15) is 9.90 Å². The molecule has 0 aromatic heterocycles. The van der Waals surface area contributed by atoms with Crippen LogP contribution in [0.5, 0.6) is 5.75 Å². The van der Waals surface area contributed by atoms with Crippen molar-refractivity contribution in [2.24, 2.45) is 0 Å². The third-order valence-electron chi connectivity index (χ3n) is 2.88. The first-order valence-electron chi connectivity index (χ1n) is 5.73. The minimum atomic E-state index is -0.0613. The van der Waals surface area contributed by atoms with Crippen molar-refractivity contribution in [3.63, 3.8) is 0 Å². The van der Waals surface area contributed by atoms with Crippen LogP contribution >= 0.6 is 15.9 Å². The number of phenolic OH excluding ortho intramolecular Hbond substituents is 1. The lowest BCUT2D eigenvalue weighted by atomic mass is 10.1. The van der Waals surface area contributed by atoms with Gasteiger partial charge in [0.1, 0.15) is 5.75 Å². The van der Waals surface area contributed by atoms with E-state index in [2.05, 4.69) is 22.9 Å². The van der Waals surface area contributed by atoms with Crippen molar-refractivity contribution in [2.45, 2.75) is 32.7 Å². The molecular weight excluding hydrogens is 282 g/mol. The number of rotatable bonds is 4. The van der Waals surface area contributed by atoms with E-state index >= 15 is 0 Å². The van der Waals surface area contributed by atoms with Crippen LogP contribution in [0.2, 0.25) is 0 Å². The first kappa shape index (κ1) is 14.0. The molecule has 0 bridgehead atoms. The van der Waals surface area contributed by atoms with E-state index in [4.69, 9.17) is 0 Å². The maximum absolute atomic E-state index is 12.1. The van der Waals surface area contributed by atoms with Gasteiger partial charge in [0, 0.05) is 18.7 Å². The normalized spacial score (nSPS) is 12.2. The predicted octanol–water partition coefficient (Wildman–Crippen LogP) is 3.42. The summed E-state index contributed by atoms with van der Waals surface area (Å²) in [5, 5.41) is 9.56. The number of hydrogen-bond acceptors (Lipinski definition) is 2. The van der Waals surface area contributed by atoms with E-state index in [1.807, 2.05) is 6.92 Å². The number of phenols is 1. The number of benzene rings is 1. The summed E-state index contributed by atoms with van der Waals surface area (Å²) >= 11 is 3.19. The Morgan fingerprint density at radius 1 is 1.53 bits per heavy atom. The van der Waals surface area contributed by atoms with Crippen molar-refractivity contribution in [3.8, 4) is 5.75 Å². The molecule has 0 saturated carbocycles. The van der Waals surface area contributed by atoms with Crippen molar-refractivity contribution >= 4 is 21.8 Å². The summed E-state index contributed by atoms with van der Waals surface area (Å²) in [4.78, 5) is 13.8. The fraction of sp³-hybridized carbons (Fsp3) is 0.462. The second-order valence-electron chi connectivity index (χ2n) is 4.22. The van der Waals surface area contributed by atoms with Crippen molar-refractivity contribution in [3.05, 3.63) is 28.2 Å². The number of aromatic hydroxyl groups is 1. The van der Waals surface area contributed by atoms with Gasteiger partial charge in [0.25, 0.3) is 5.91 Å². The lowest BCUT2D eigenvalue weighted by Gasteiger charge is -2.24. The summed E-state index contributed by atoms with van der Waals surface area (Å²) in [6.07, 6.45) is 2.02. The summed E-state index contributed by atoms with van der Waals surface area (Å²) in [5.74, 6) is 0.0288. The molecule has 1 atom stereocenters. The van der Waals surface area contributed by atoms with Gasteiger partial charge in [-0.05, 0) is 47.5 Å². The fourth-order valence-corrected chi connectivity index (χ4v) is 1.91. The summed E-state index contributed by atoms with van der Waals surface area (Å²) in [6.45, 7) is 4.13. The number of amides is 1. The van der Waals surface area contributed by atoms with Gasteiger partial charge in [0.15, 0.2) is 0 Å². The highest BCUT2D eigenvalue weighted by atomic mass is 79.9. The van der Waals surface area contributed by atoms with Crippen LogP contribution in [-0.4, -0.2) is 29.0 Å². The molecule has 0 heterocycles. The topological polar surface area (TPSA) is 40.5 Å². The van der Waals surface area contributed by atoms with E-state index in [1.54, 1.807) is 24.1 Å². The summed E-state index contributed by atoms with van der Waals surface area (Å²) < 4.78 is 0.596. The van der Waals surface area contributed by atoms with E-state index in [1.165, 1.54) is 6.07 Å². The smallest absolute Gasteiger partial charge is 0.253 e. The van der Waals surface area contributed by atoms with Crippen molar-refractivity contribution in [1.82, 2.24) is 4.90 Å². The molecule has 1 amide bonds. The molecule has 1 rings (SSSR count). The Bertz CT molecular complexity index is 406. The second kappa shape index (κ2) is 6.05. The van der Waals surface area contributed by atoms with Crippen LogP contribution < -0.4 is 0 Å². The number of carbonyl (C=O) groups is 1. The largest absolute Gasteiger partial charge is 0.507 e. The van der Waals surface area contributed by atoms with Crippen LogP contribution in [0.15, 0.2) is 22.7 Å². The summed E-state index contributed by atoms with van der Waals surface area (Å²) in [5.41, 5.74) is 0.510. The molecule has 1 N–H and O–H groups in total. The van der Waals surface area contributed by atoms with E-state index in [0.29, 0.717) is 10.0 Å². The van der Waals surface area contributed by atoms with E-state index < -0.39 is 0 Å². The van der Waals surface area contributed by atoms with Gasteiger partial charge in [-0.3, -0.25) is 4.79 Å². The Balaban J connectivity index is 2.85. The molecule has 1 aromatic rings. The van der Waals surface area contributed by atoms with Gasteiger partial charge in [-0.1, -0.05) is 13.3 Å². The van der Waals surface area contributed by atoms with Crippen molar-refractivity contribution in [1.29, 1.82) is 0 Å². The zero-order valence-electron chi connectivity index (χ0n) is 10.4. The van der Waals surface area contributed by atoms with Crippen LogP contribution in [0, 0.1) is 0 Å². The van der Waals surface area contributed by atoms with E-state index in [-0.39, 0.29) is 17.7 Å². The molecule has 0 aliphatic carbocycles. The molecule has 1 aromatic carbocycles. The molecule has 4 heteroatoms. The zero-order chi connectivity index (χ0) is 13.0. The van der Waals surface area contributed by atoms with E-state index in [0.717, 1.165) is 12.8 Å². The molecular formula is C13H18BrNO2. The summed E-state index contributed by atoms with van der Waals surface area (Å²) in [6, 6.07) is 5.09. The Morgan fingerprint density at radius 3 is 2.71 bits per heavy atom. The average Bonchev–Trinajstić information content (AvgIpc) is 2.31. The minimum absolute atomic E-state index is 0.0613.